The average molecular weight is 357 g/mol. The Hall–Kier alpha value is -3.22. The van der Waals surface area contributed by atoms with Gasteiger partial charge in [-0.1, -0.05) is 17.7 Å². The number of hydrazone groups is 1. The normalized spacial score (nSPS) is 10.6. The zero-order valence-corrected chi connectivity index (χ0v) is 15.3. The second-order valence-corrected chi connectivity index (χ2v) is 5.74. The van der Waals surface area contributed by atoms with E-state index in [1.807, 2.05) is 32.0 Å². The highest BCUT2D eigenvalue weighted by molar-refractivity contribution is 5.85. The van der Waals surface area contributed by atoms with E-state index >= 15 is 0 Å². The Morgan fingerprint density at radius 1 is 1.15 bits per heavy atom. The first-order valence-electron chi connectivity index (χ1n) is 8.02. The second-order valence-electron chi connectivity index (χ2n) is 5.74. The van der Waals surface area contributed by atoms with Gasteiger partial charge in [0.1, 0.15) is 0 Å². The van der Waals surface area contributed by atoms with Gasteiger partial charge >= 0.3 is 0 Å². The summed E-state index contributed by atoms with van der Waals surface area (Å²) >= 11 is 0. The number of carbonyl (C=O) groups is 1. The SMILES string of the molecule is COc1cc(/C=N/NC(=O)CNc2ccc(C)cc2C)cc(OC)c1O. The second kappa shape index (κ2) is 8.75. The molecule has 0 aliphatic carbocycles. The molecule has 0 saturated heterocycles. The lowest BCUT2D eigenvalue weighted by Gasteiger charge is -2.10. The van der Waals surface area contributed by atoms with Gasteiger partial charge in [0, 0.05) is 11.3 Å². The molecule has 2 rings (SSSR count). The van der Waals surface area contributed by atoms with E-state index in [-0.39, 0.29) is 29.7 Å². The van der Waals surface area contributed by atoms with E-state index in [9.17, 15) is 9.90 Å². The number of hydrogen-bond donors (Lipinski definition) is 3. The molecule has 0 fully saturated rings. The number of anilines is 1. The summed E-state index contributed by atoms with van der Waals surface area (Å²) < 4.78 is 10.1. The van der Waals surface area contributed by atoms with Crippen molar-refractivity contribution in [3.63, 3.8) is 0 Å². The molecule has 0 aliphatic heterocycles. The summed E-state index contributed by atoms with van der Waals surface area (Å²) in [6.07, 6.45) is 1.44. The number of benzene rings is 2. The van der Waals surface area contributed by atoms with Crippen LogP contribution in [0.25, 0.3) is 0 Å². The van der Waals surface area contributed by atoms with Crippen LogP contribution < -0.4 is 20.2 Å². The van der Waals surface area contributed by atoms with E-state index in [4.69, 9.17) is 9.47 Å². The number of aryl methyl sites for hydroxylation is 2. The van der Waals surface area contributed by atoms with Crippen molar-refractivity contribution in [2.45, 2.75) is 13.8 Å². The number of methoxy groups -OCH3 is 2. The molecule has 26 heavy (non-hydrogen) atoms. The van der Waals surface area contributed by atoms with Crippen LogP contribution in [0.5, 0.6) is 17.2 Å². The van der Waals surface area contributed by atoms with Crippen LogP contribution in [-0.2, 0) is 4.79 Å². The maximum atomic E-state index is 11.9. The number of rotatable bonds is 7. The van der Waals surface area contributed by atoms with Crippen LogP contribution >= 0.6 is 0 Å². The third-order valence-electron chi connectivity index (χ3n) is 3.73. The fraction of sp³-hybridized carbons (Fsp3) is 0.263. The number of amides is 1. The standard InChI is InChI=1S/C19H23N3O4/c1-12-5-6-15(13(2)7-12)20-11-18(23)22-21-10-14-8-16(25-3)19(24)17(9-14)26-4/h5-10,20,24H,11H2,1-4H3,(H,22,23)/b21-10+. The molecule has 0 spiro atoms. The van der Waals surface area contributed by atoms with E-state index in [0.29, 0.717) is 5.56 Å². The number of phenols is 1. The summed E-state index contributed by atoms with van der Waals surface area (Å²) in [7, 11) is 2.88. The minimum Gasteiger partial charge on any atom is -0.502 e. The van der Waals surface area contributed by atoms with Crippen molar-refractivity contribution < 1.29 is 19.4 Å². The molecule has 0 unspecified atom stereocenters. The minimum atomic E-state index is -0.279. The first-order valence-corrected chi connectivity index (χ1v) is 8.02. The van der Waals surface area contributed by atoms with Gasteiger partial charge in [-0.15, -0.1) is 0 Å². The first-order chi connectivity index (χ1) is 12.4. The molecule has 0 bridgehead atoms. The molecule has 0 aliphatic rings. The zero-order valence-electron chi connectivity index (χ0n) is 15.3. The van der Waals surface area contributed by atoms with E-state index in [2.05, 4.69) is 15.8 Å². The van der Waals surface area contributed by atoms with E-state index in [0.717, 1.165) is 11.3 Å². The van der Waals surface area contributed by atoms with E-state index in [1.165, 1.54) is 26.0 Å². The summed E-state index contributed by atoms with van der Waals surface area (Å²) in [6.45, 7) is 4.10. The largest absolute Gasteiger partial charge is 0.502 e. The third-order valence-corrected chi connectivity index (χ3v) is 3.73. The predicted molar refractivity (Wildman–Crippen MR) is 101 cm³/mol. The summed E-state index contributed by atoms with van der Waals surface area (Å²) in [5.74, 6) is 0.148. The van der Waals surface area contributed by atoms with Gasteiger partial charge < -0.3 is 19.9 Å². The number of nitrogens with zero attached hydrogens (tertiary/aromatic N) is 1. The van der Waals surface area contributed by atoms with E-state index in [1.54, 1.807) is 12.1 Å². The highest BCUT2D eigenvalue weighted by Crippen LogP contribution is 2.36. The minimum absolute atomic E-state index is 0.0890. The molecule has 2 aromatic rings. The average Bonchev–Trinajstić information content (AvgIpc) is 2.62. The summed E-state index contributed by atoms with van der Waals surface area (Å²) in [5.41, 5.74) is 6.20. The summed E-state index contributed by atoms with van der Waals surface area (Å²) in [5, 5.41) is 16.9. The van der Waals surface area contributed by atoms with Gasteiger partial charge in [-0.05, 0) is 37.6 Å². The number of ether oxygens (including phenoxy) is 2. The van der Waals surface area contributed by atoms with Crippen molar-refractivity contribution >= 4 is 17.8 Å². The lowest BCUT2D eigenvalue weighted by molar-refractivity contribution is -0.119. The molecular formula is C19H23N3O4. The number of nitrogens with one attached hydrogen (secondary N) is 2. The van der Waals surface area contributed by atoms with Gasteiger partial charge in [0.15, 0.2) is 11.5 Å². The fourth-order valence-corrected chi connectivity index (χ4v) is 2.39. The molecule has 138 valence electrons. The van der Waals surface area contributed by atoms with Crippen LogP contribution in [0.1, 0.15) is 16.7 Å². The predicted octanol–water partition coefficient (Wildman–Crippen LogP) is 2.59. The quantitative estimate of drug-likeness (QED) is 0.523. The molecule has 0 aromatic heterocycles. The number of carbonyl (C=O) groups excluding carboxylic acids is 1. The molecular weight excluding hydrogens is 334 g/mol. The van der Waals surface area contributed by atoms with E-state index < -0.39 is 0 Å². The van der Waals surface area contributed by atoms with Crippen molar-refractivity contribution in [1.29, 1.82) is 0 Å². The molecule has 7 nitrogen and oxygen atoms in total. The Labute approximate surface area is 152 Å². The lowest BCUT2D eigenvalue weighted by Crippen LogP contribution is -2.26. The monoisotopic (exact) mass is 357 g/mol. The summed E-state index contributed by atoms with van der Waals surface area (Å²) in [4.78, 5) is 11.9. The van der Waals surface area contributed by atoms with Crippen LogP contribution in [-0.4, -0.2) is 38.0 Å². The van der Waals surface area contributed by atoms with Gasteiger partial charge in [-0.2, -0.15) is 5.10 Å². The molecule has 3 N–H and O–H groups in total. The molecule has 1 amide bonds. The zero-order chi connectivity index (χ0) is 19.1. The fourth-order valence-electron chi connectivity index (χ4n) is 2.39. The van der Waals surface area contributed by atoms with Gasteiger partial charge in [0.25, 0.3) is 5.91 Å². The topological polar surface area (TPSA) is 92.2 Å². The Balaban J connectivity index is 1.94. The van der Waals surface area contributed by atoms with Crippen molar-refractivity contribution in [3.05, 3.63) is 47.0 Å². The summed E-state index contributed by atoms with van der Waals surface area (Å²) in [6, 6.07) is 9.14. The van der Waals surface area contributed by atoms with Crippen LogP contribution in [0.4, 0.5) is 5.69 Å². The Morgan fingerprint density at radius 3 is 2.38 bits per heavy atom. The van der Waals surface area contributed by atoms with Crippen LogP contribution in [0, 0.1) is 13.8 Å². The molecule has 0 atom stereocenters. The maximum Gasteiger partial charge on any atom is 0.259 e. The highest BCUT2D eigenvalue weighted by Gasteiger charge is 2.10. The number of phenolic OH excluding ortho intramolecular Hbond substituents is 1. The third kappa shape index (κ3) is 4.89. The number of aromatic hydroxyl groups is 1. The Morgan fingerprint density at radius 2 is 1.81 bits per heavy atom. The molecule has 7 heteroatoms. The molecule has 2 aromatic carbocycles. The Kier molecular flexibility index (Phi) is 6.43. The van der Waals surface area contributed by atoms with Crippen molar-refractivity contribution in [3.8, 4) is 17.2 Å². The lowest BCUT2D eigenvalue weighted by atomic mass is 10.1. The number of hydrogen-bond acceptors (Lipinski definition) is 6. The van der Waals surface area contributed by atoms with Gasteiger partial charge in [-0.25, -0.2) is 5.43 Å². The molecule has 0 heterocycles. The first kappa shape index (κ1) is 19.1. The Bertz CT molecular complexity index is 793. The van der Waals surface area contributed by atoms with Gasteiger partial charge in [-0.3, -0.25) is 4.79 Å². The maximum absolute atomic E-state index is 11.9. The van der Waals surface area contributed by atoms with Crippen molar-refractivity contribution in [2.24, 2.45) is 5.10 Å². The molecule has 0 radical (unpaired) electrons. The highest BCUT2D eigenvalue weighted by atomic mass is 16.5. The molecule has 0 saturated carbocycles. The smallest absolute Gasteiger partial charge is 0.259 e. The van der Waals surface area contributed by atoms with Crippen LogP contribution in [0.2, 0.25) is 0 Å². The van der Waals surface area contributed by atoms with Gasteiger partial charge in [0.2, 0.25) is 5.75 Å². The van der Waals surface area contributed by atoms with Gasteiger partial charge in [0.05, 0.1) is 27.0 Å². The van der Waals surface area contributed by atoms with Crippen molar-refractivity contribution in [2.75, 3.05) is 26.1 Å². The van der Waals surface area contributed by atoms with Crippen molar-refractivity contribution in [1.82, 2.24) is 5.43 Å². The van der Waals surface area contributed by atoms with Crippen LogP contribution in [0.15, 0.2) is 35.4 Å². The van der Waals surface area contributed by atoms with Crippen LogP contribution in [0.3, 0.4) is 0 Å².